The van der Waals surface area contributed by atoms with Crippen molar-refractivity contribution in [3.8, 4) is 5.75 Å². The summed E-state index contributed by atoms with van der Waals surface area (Å²) in [5.74, 6) is 0.874. The molecule has 5 nitrogen and oxygen atoms in total. The van der Waals surface area contributed by atoms with Crippen molar-refractivity contribution in [2.24, 2.45) is 0 Å². The second-order valence-electron chi connectivity index (χ2n) is 3.71. The van der Waals surface area contributed by atoms with Gasteiger partial charge in [0.1, 0.15) is 10.9 Å². The summed E-state index contributed by atoms with van der Waals surface area (Å²) in [6, 6.07) is 8.71. The molecule has 18 heavy (non-hydrogen) atoms. The van der Waals surface area contributed by atoms with Gasteiger partial charge in [0.05, 0.1) is 13.7 Å². The maximum Gasteiger partial charge on any atom is 0.275 e. The van der Waals surface area contributed by atoms with Gasteiger partial charge < -0.3 is 10.5 Å². The molecule has 1 heterocycles. The largest absolute Gasteiger partial charge is 0.497 e. The Morgan fingerprint density at radius 1 is 1.39 bits per heavy atom. The van der Waals surface area contributed by atoms with E-state index in [4.69, 9.17) is 22.1 Å². The van der Waals surface area contributed by atoms with Crippen LogP contribution in [0.3, 0.4) is 0 Å². The van der Waals surface area contributed by atoms with E-state index in [1.54, 1.807) is 11.7 Å². The summed E-state index contributed by atoms with van der Waals surface area (Å²) in [7, 11) is 1.61. The Morgan fingerprint density at radius 2 is 2.06 bits per heavy atom. The fourth-order valence-electron chi connectivity index (χ4n) is 1.56. The van der Waals surface area contributed by atoms with Crippen LogP contribution in [0.25, 0.3) is 0 Å². The van der Waals surface area contributed by atoms with E-state index in [1.165, 1.54) is 6.07 Å². The number of hydrogen-bond acceptors (Lipinski definition) is 4. The van der Waals surface area contributed by atoms with E-state index >= 15 is 0 Å². The van der Waals surface area contributed by atoms with Gasteiger partial charge in [0.2, 0.25) is 5.95 Å². The summed E-state index contributed by atoms with van der Waals surface area (Å²) >= 11 is 5.96. The minimum absolute atomic E-state index is 0.100. The van der Waals surface area contributed by atoms with E-state index in [0.29, 0.717) is 6.54 Å². The van der Waals surface area contributed by atoms with Crippen molar-refractivity contribution in [2.75, 3.05) is 12.8 Å². The van der Waals surface area contributed by atoms with Gasteiger partial charge in [-0.2, -0.15) is 4.98 Å². The first-order chi connectivity index (χ1) is 8.60. The van der Waals surface area contributed by atoms with Gasteiger partial charge >= 0.3 is 0 Å². The van der Waals surface area contributed by atoms with Crippen LogP contribution < -0.4 is 16.0 Å². The van der Waals surface area contributed by atoms with Gasteiger partial charge in [-0.15, -0.1) is 0 Å². The van der Waals surface area contributed by atoms with E-state index in [0.717, 1.165) is 11.3 Å². The number of halogens is 1. The Morgan fingerprint density at radius 3 is 2.61 bits per heavy atom. The molecule has 0 saturated heterocycles. The first kappa shape index (κ1) is 12.4. The number of nitrogen functional groups attached to an aromatic ring is 1. The Kier molecular flexibility index (Phi) is 3.53. The van der Waals surface area contributed by atoms with Crippen LogP contribution in [-0.4, -0.2) is 16.7 Å². The second-order valence-corrected chi connectivity index (χ2v) is 4.10. The molecule has 0 aliphatic rings. The number of hydrogen-bond donors (Lipinski definition) is 1. The molecule has 0 fully saturated rings. The average Bonchev–Trinajstić information content (AvgIpc) is 2.34. The van der Waals surface area contributed by atoms with Gasteiger partial charge in [-0.25, -0.2) is 0 Å². The second kappa shape index (κ2) is 5.10. The third-order valence-electron chi connectivity index (χ3n) is 2.50. The van der Waals surface area contributed by atoms with Gasteiger partial charge in [-0.05, 0) is 17.7 Å². The van der Waals surface area contributed by atoms with Crippen LogP contribution in [0.1, 0.15) is 5.56 Å². The molecule has 0 bridgehead atoms. The van der Waals surface area contributed by atoms with Crippen LogP contribution in [0, 0.1) is 0 Å². The molecule has 0 aliphatic carbocycles. The SMILES string of the molecule is COc1ccc(Cn2c(Cl)cc(=O)nc2N)cc1. The molecule has 0 spiro atoms. The highest BCUT2D eigenvalue weighted by molar-refractivity contribution is 6.29. The molecule has 2 rings (SSSR count). The molecule has 6 heteroatoms. The van der Waals surface area contributed by atoms with Crippen LogP contribution in [0.4, 0.5) is 5.95 Å². The van der Waals surface area contributed by atoms with Crippen molar-refractivity contribution < 1.29 is 4.74 Å². The van der Waals surface area contributed by atoms with Crippen LogP contribution >= 0.6 is 11.6 Å². The number of nitrogens with two attached hydrogens (primary N) is 1. The van der Waals surface area contributed by atoms with Crippen molar-refractivity contribution in [2.45, 2.75) is 6.54 Å². The predicted molar refractivity (Wildman–Crippen MR) is 70.0 cm³/mol. The van der Waals surface area contributed by atoms with E-state index in [2.05, 4.69) is 4.98 Å². The van der Waals surface area contributed by atoms with Crippen molar-refractivity contribution in [1.29, 1.82) is 0 Å². The minimum Gasteiger partial charge on any atom is -0.497 e. The highest BCUT2D eigenvalue weighted by Gasteiger charge is 2.06. The zero-order chi connectivity index (χ0) is 13.1. The standard InChI is InChI=1S/C12H12ClN3O2/c1-18-9-4-2-8(3-5-9)7-16-10(13)6-11(17)15-12(16)14/h2-6H,7H2,1H3,(H2,14,15,17). The molecule has 0 radical (unpaired) electrons. The predicted octanol–water partition coefficient (Wildman–Crippen LogP) is 1.54. The molecule has 0 amide bonds. The Hall–Kier alpha value is -2.01. The van der Waals surface area contributed by atoms with Gasteiger partial charge in [0.25, 0.3) is 5.56 Å². The number of nitrogens with zero attached hydrogens (tertiary/aromatic N) is 2. The molecule has 0 aliphatic heterocycles. The number of rotatable bonds is 3. The summed E-state index contributed by atoms with van der Waals surface area (Å²) < 4.78 is 6.63. The quantitative estimate of drug-likeness (QED) is 0.855. The number of methoxy groups -OCH3 is 1. The maximum absolute atomic E-state index is 11.1. The number of ether oxygens (including phenoxy) is 1. The van der Waals surface area contributed by atoms with Crippen LogP contribution in [0.2, 0.25) is 5.15 Å². The third kappa shape index (κ3) is 2.62. The molecular formula is C12H12ClN3O2. The smallest absolute Gasteiger partial charge is 0.275 e. The zero-order valence-electron chi connectivity index (χ0n) is 9.76. The van der Waals surface area contributed by atoms with Crippen LogP contribution in [-0.2, 0) is 6.54 Å². The lowest BCUT2D eigenvalue weighted by molar-refractivity contribution is 0.414. The molecule has 1 aromatic carbocycles. The summed E-state index contributed by atoms with van der Waals surface area (Å²) in [5.41, 5.74) is 6.21. The summed E-state index contributed by atoms with van der Waals surface area (Å²) in [6.45, 7) is 0.446. The van der Waals surface area contributed by atoms with Crippen molar-refractivity contribution >= 4 is 17.5 Å². The number of aromatic nitrogens is 2. The van der Waals surface area contributed by atoms with Crippen LogP contribution in [0.15, 0.2) is 35.1 Å². The van der Waals surface area contributed by atoms with Crippen molar-refractivity contribution in [1.82, 2.24) is 9.55 Å². The lowest BCUT2D eigenvalue weighted by atomic mass is 10.2. The van der Waals surface area contributed by atoms with E-state index in [1.807, 2.05) is 24.3 Å². The highest BCUT2D eigenvalue weighted by Crippen LogP contribution is 2.16. The zero-order valence-corrected chi connectivity index (χ0v) is 10.5. The van der Waals surface area contributed by atoms with E-state index in [9.17, 15) is 4.79 Å². The topological polar surface area (TPSA) is 70.1 Å². The van der Waals surface area contributed by atoms with E-state index in [-0.39, 0.29) is 11.1 Å². The fraction of sp³-hybridized carbons (Fsp3) is 0.167. The molecule has 2 N–H and O–H groups in total. The molecule has 1 aromatic heterocycles. The molecule has 0 atom stereocenters. The monoisotopic (exact) mass is 265 g/mol. The third-order valence-corrected chi connectivity index (χ3v) is 2.81. The van der Waals surface area contributed by atoms with Crippen molar-refractivity contribution in [3.63, 3.8) is 0 Å². The lowest BCUT2D eigenvalue weighted by Gasteiger charge is -2.11. The fourth-order valence-corrected chi connectivity index (χ4v) is 1.80. The molecule has 94 valence electrons. The molecule has 0 saturated carbocycles. The molecule has 2 aromatic rings. The molecular weight excluding hydrogens is 254 g/mol. The summed E-state index contributed by atoms with van der Waals surface area (Å²) in [5, 5.41) is 0.267. The van der Waals surface area contributed by atoms with E-state index < -0.39 is 5.56 Å². The minimum atomic E-state index is -0.441. The lowest BCUT2D eigenvalue weighted by Crippen LogP contribution is -2.17. The molecule has 0 unspecified atom stereocenters. The van der Waals surface area contributed by atoms with Gasteiger partial charge in [0.15, 0.2) is 0 Å². The first-order valence-corrected chi connectivity index (χ1v) is 5.64. The maximum atomic E-state index is 11.1. The van der Waals surface area contributed by atoms with Gasteiger partial charge in [0, 0.05) is 6.07 Å². The Balaban J connectivity index is 2.31. The first-order valence-electron chi connectivity index (χ1n) is 5.26. The number of benzene rings is 1. The van der Waals surface area contributed by atoms with Crippen LogP contribution in [0.5, 0.6) is 5.75 Å². The normalized spacial score (nSPS) is 10.3. The average molecular weight is 266 g/mol. The van der Waals surface area contributed by atoms with Gasteiger partial charge in [-0.3, -0.25) is 9.36 Å². The number of anilines is 1. The summed E-state index contributed by atoms with van der Waals surface area (Å²) in [4.78, 5) is 14.7. The van der Waals surface area contributed by atoms with Crippen molar-refractivity contribution in [3.05, 3.63) is 51.4 Å². The Labute approximate surface area is 109 Å². The summed E-state index contributed by atoms with van der Waals surface area (Å²) in [6.07, 6.45) is 0. The van der Waals surface area contributed by atoms with Gasteiger partial charge in [-0.1, -0.05) is 23.7 Å². The highest BCUT2D eigenvalue weighted by atomic mass is 35.5. The Bertz CT molecular complexity index is 581.